The Kier molecular flexibility index (Phi) is 5.42. The van der Waals surface area contributed by atoms with E-state index in [-0.39, 0.29) is 12.8 Å². The van der Waals surface area contributed by atoms with Gasteiger partial charge in [-0.1, -0.05) is 11.6 Å². The molecule has 0 aromatic carbocycles. The smallest absolute Gasteiger partial charge is 0.243 e. The Morgan fingerprint density at radius 3 is 3.11 bits per heavy atom. The Morgan fingerprint density at radius 2 is 2.32 bits per heavy atom. The highest BCUT2D eigenvalue weighted by Gasteiger charge is 2.26. The van der Waals surface area contributed by atoms with Gasteiger partial charge in [0, 0.05) is 25.0 Å². The first-order valence-electron chi connectivity index (χ1n) is 9.12. The first-order chi connectivity index (χ1) is 13.6. The molecule has 3 aromatic heterocycles. The maximum atomic E-state index is 14.0. The van der Waals surface area contributed by atoms with Gasteiger partial charge in [-0.3, -0.25) is 0 Å². The Bertz CT molecular complexity index is 962. The van der Waals surface area contributed by atoms with Gasteiger partial charge in [0.1, 0.15) is 18.1 Å². The number of alkyl halides is 1. The molecule has 28 heavy (non-hydrogen) atoms. The van der Waals surface area contributed by atoms with E-state index < -0.39 is 12.2 Å². The van der Waals surface area contributed by atoms with Crippen molar-refractivity contribution in [3.63, 3.8) is 0 Å². The van der Waals surface area contributed by atoms with E-state index in [1.807, 2.05) is 20.0 Å². The second-order valence-corrected chi connectivity index (χ2v) is 6.86. The summed E-state index contributed by atoms with van der Waals surface area (Å²) in [5, 5.41) is 12.0. The van der Waals surface area contributed by atoms with Gasteiger partial charge in [0.05, 0.1) is 25.0 Å². The first-order valence-corrected chi connectivity index (χ1v) is 9.50. The summed E-state index contributed by atoms with van der Waals surface area (Å²) in [6, 6.07) is -0.393. The SMILES string of the molecule is CCOC(C)n1cc(-c2ncc3nc(N[C@H]4CCOC[C@H]4F)nn3c2Cl)cn1. The number of rotatable bonds is 6. The Hall–Kier alpha value is -2.30. The molecule has 0 bridgehead atoms. The third-order valence-electron chi connectivity index (χ3n) is 4.58. The number of nitrogens with zero attached hydrogens (tertiary/aromatic N) is 6. The average Bonchev–Trinajstić information content (AvgIpc) is 3.32. The van der Waals surface area contributed by atoms with Crippen molar-refractivity contribution in [3.8, 4) is 11.3 Å². The minimum atomic E-state index is -1.11. The predicted octanol–water partition coefficient (Wildman–Crippen LogP) is 2.74. The van der Waals surface area contributed by atoms with Gasteiger partial charge < -0.3 is 14.8 Å². The lowest BCUT2D eigenvalue weighted by Gasteiger charge is -2.26. The van der Waals surface area contributed by atoms with Crippen molar-refractivity contribution >= 4 is 23.2 Å². The standard InChI is InChI=1S/C17H21ClFN7O2/c1-3-28-10(2)25-8-11(6-21-25)15-16(18)26-14(7-20-15)23-17(24-26)22-13-4-5-27-9-12(13)19/h6-8,10,12-13H,3-5,9H2,1-2H3,(H,22,24)/t10?,12-,13+/m1/s1. The number of nitrogens with one attached hydrogen (secondary N) is 1. The zero-order valence-corrected chi connectivity index (χ0v) is 16.3. The minimum absolute atomic E-state index is 0.0711. The Balaban J connectivity index is 1.60. The summed E-state index contributed by atoms with van der Waals surface area (Å²) >= 11 is 6.52. The molecule has 3 aromatic rings. The van der Waals surface area contributed by atoms with Gasteiger partial charge in [-0.05, 0) is 20.3 Å². The molecular formula is C17H21ClFN7O2. The fourth-order valence-corrected chi connectivity index (χ4v) is 3.37. The molecule has 11 heteroatoms. The number of hydrogen-bond donors (Lipinski definition) is 1. The molecule has 1 aliphatic rings. The van der Waals surface area contributed by atoms with Crippen molar-refractivity contribution in [1.29, 1.82) is 0 Å². The van der Waals surface area contributed by atoms with E-state index in [1.165, 1.54) is 4.52 Å². The predicted molar refractivity (Wildman–Crippen MR) is 101 cm³/mol. The molecule has 9 nitrogen and oxygen atoms in total. The molecule has 1 aliphatic heterocycles. The monoisotopic (exact) mass is 409 g/mol. The largest absolute Gasteiger partial charge is 0.378 e. The quantitative estimate of drug-likeness (QED) is 0.669. The molecule has 1 unspecified atom stereocenters. The van der Waals surface area contributed by atoms with Crippen LogP contribution < -0.4 is 5.32 Å². The van der Waals surface area contributed by atoms with Crippen LogP contribution in [0.1, 0.15) is 26.5 Å². The molecule has 0 saturated carbocycles. The number of hydrogen-bond acceptors (Lipinski definition) is 7. The molecule has 150 valence electrons. The van der Waals surface area contributed by atoms with Crippen LogP contribution in [0.5, 0.6) is 0 Å². The highest BCUT2D eigenvalue weighted by atomic mass is 35.5. The van der Waals surface area contributed by atoms with Crippen LogP contribution in [0.2, 0.25) is 5.15 Å². The van der Waals surface area contributed by atoms with Crippen LogP contribution in [-0.4, -0.2) is 61.4 Å². The van der Waals surface area contributed by atoms with Crippen molar-refractivity contribution in [2.75, 3.05) is 25.1 Å². The Morgan fingerprint density at radius 1 is 1.46 bits per heavy atom. The highest BCUT2D eigenvalue weighted by molar-refractivity contribution is 6.32. The first kappa shape index (κ1) is 19.0. The van der Waals surface area contributed by atoms with Crippen LogP contribution in [0.25, 0.3) is 16.9 Å². The van der Waals surface area contributed by atoms with Gasteiger partial charge in [-0.2, -0.15) is 14.6 Å². The number of halogens is 2. The fourth-order valence-electron chi connectivity index (χ4n) is 3.09. The normalized spacial score (nSPS) is 21.1. The van der Waals surface area contributed by atoms with Crippen molar-refractivity contribution in [3.05, 3.63) is 23.7 Å². The van der Waals surface area contributed by atoms with Crippen LogP contribution in [0.3, 0.4) is 0 Å². The molecule has 3 atom stereocenters. The summed E-state index contributed by atoms with van der Waals surface area (Å²) in [5.74, 6) is 0.302. The fraction of sp³-hybridized carbons (Fsp3) is 0.529. The van der Waals surface area contributed by atoms with E-state index in [0.29, 0.717) is 42.1 Å². The molecule has 4 rings (SSSR count). The second kappa shape index (κ2) is 7.98. The lowest BCUT2D eigenvalue weighted by Crippen LogP contribution is -2.39. The maximum absolute atomic E-state index is 14.0. The van der Waals surface area contributed by atoms with Gasteiger partial charge in [-0.15, -0.1) is 5.10 Å². The van der Waals surface area contributed by atoms with E-state index in [4.69, 9.17) is 21.1 Å². The van der Waals surface area contributed by atoms with Crippen molar-refractivity contribution < 1.29 is 13.9 Å². The summed E-state index contributed by atoms with van der Waals surface area (Å²) in [6.07, 6.45) is 4.29. The van der Waals surface area contributed by atoms with Crippen molar-refractivity contribution in [2.24, 2.45) is 0 Å². The van der Waals surface area contributed by atoms with E-state index in [0.717, 1.165) is 5.56 Å². The molecule has 1 N–H and O–H groups in total. The van der Waals surface area contributed by atoms with Gasteiger partial charge >= 0.3 is 0 Å². The molecular weight excluding hydrogens is 389 g/mol. The van der Waals surface area contributed by atoms with Gasteiger partial charge in [0.15, 0.2) is 10.8 Å². The van der Waals surface area contributed by atoms with Gasteiger partial charge in [-0.25, -0.2) is 14.1 Å². The number of anilines is 1. The van der Waals surface area contributed by atoms with Crippen LogP contribution in [-0.2, 0) is 9.47 Å². The molecule has 4 heterocycles. The highest BCUT2D eigenvalue weighted by Crippen LogP contribution is 2.27. The van der Waals surface area contributed by atoms with Crippen LogP contribution >= 0.6 is 11.6 Å². The van der Waals surface area contributed by atoms with Crippen LogP contribution in [0.15, 0.2) is 18.6 Å². The van der Waals surface area contributed by atoms with Gasteiger partial charge in [0.25, 0.3) is 0 Å². The molecule has 0 radical (unpaired) electrons. The zero-order valence-electron chi connectivity index (χ0n) is 15.5. The van der Waals surface area contributed by atoms with Crippen LogP contribution in [0.4, 0.5) is 10.3 Å². The molecule has 1 fully saturated rings. The molecule has 0 spiro atoms. The third kappa shape index (κ3) is 3.67. The third-order valence-corrected chi connectivity index (χ3v) is 4.92. The average molecular weight is 410 g/mol. The van der Waals surface area contributed by atoms with Crippen LogP contribution in [0, 0.1) is 0 Å². The lowest BCUT2D eigenvalue weighted by atomic mass is 10.1. The summed E-state index contributed by atoms with van der Waals surface area (Å²) in [7, 11) is 0. The van der Waals surface area contributed by atoms with Gasteiger partial charge in [0.2, 0.25) is 5.95 Å². The summed E-state index contributed by atoms with van der Waals surface area (Å²) in [4.78, 5) is 8.74. The number of ether oxygens (including phenoxy) is 2. The Labute approximate surface area is 165 Å². The summed E-state index contributed by atoms with van der Waals surface area (Å²) in [6.45, 7) is 4.99. The zero-order chi connectivity index (χ0) is 19.7. The summed E-state index contributed by atoms with van der Waals surface area (Å²) < 4.78 is 27.8. The van der Waals surface area contributed by atoms with E-state index >= 15 is 0 Å². The van der Waals surface area contributed by atoms with E-state index in [1.54, 1.807) is 17.1 Å². The van der Waals surface area contributed by atoms with E-state index in [9.17, 15) is 4.39 Å². The maximum Gasteiger partial charge on any atom is 0.243 e. The van der Waals surface area contributed by atoms with Crippen molar-refractivity contribution in [1.82, 2.24) is 29.4 Å². The lowest BCUT2D eigenvalue weighted by molar-refractivity contribution is 0.0160. The topological polar surface area (TPSA) is 91.4 Å². The summed E-state index contributed by atoms with van der Waals surface area (Å²) in [5.41, 5.74) is 1.72. The number of aromatic nitrogens is 6. The molecule has 0 aliphatic carbocycles. The molecule has 1 saturated heterocycles. The second-order valence-electron chi connectivity index (χ2n) is 6.50. The van der Waals surface area contributed by atoms with E-state index in [2.05, 4.69) is 25.5 Å². The van der Waals surface area contributed by atoms with Crippen molar-refractivity contribution in [2.45, 2.75) is 38.7 Å². The minimum Gasteiger partial charge on any atom is -0.378 e. The molecule has 0 amide bonds. The number of fused-ring (bicyclic) bond motifs is 1.